The predicted molar refractivity (Wildman–Crippen MR) is 121 cm³/mol. The van der Waals surface area contributed by atoms with Gasteiger partial charge in [0.1, 0.15) is 5.82 Å². The summed E-state index contributed by atoms with van der Waals surface area (Å²) in [5, 5.41) is 5.09. The minimum Gasteiger partial charge on any atom is -0.319 e. The summed E-state index contributed by atoms with van der Waals surface area (Å²) < 4.78 is 42.5. The van der Waals surface area contributed by atoms with E-state index in [1.807, 2.05) is 0 Å². The molecule has 0 bridgehead atoms. The molecule has 12 heteroatoms. The maximum absolute atomic E-state index is 13.8. The van der Waals surface area contributed by atoms with Gasteiger partial charge in [-0.15, -0.1) is 0 Å². The molecular weight excluding hydrogens is 494 g/mol. The van der Waals surface area contributed by atoms with Crippen molar-refractivity contribution < 1.29 is 22.8 Å². The molecule has 4 rings (SSSR count). The van der Waals surface area contributed by atoms with Gasteiger partial charge in [0.15, 0.2) is 11.3 Å². The third-order valence-electron chi connectivity index (χ3n) is 4.72. The van der Waals surface area contributed by atoms with E-state index in [0.717, 1.165) is 4.40 Å². The molecule has 3 aromatic heterocycles. The molecule has 0 spiro atoms. The molecule has 0 saturated heterocycles. The topological polar surface area (TPSA) is 88.4 Å². The first-order valence-electron chi connectivity index (χ1n) is 9.68. The van der Waals surface area contributed by atoms with Crippen LogP contribution in [0.3, 0.4) is 0 Å². The van der Waals surface area contributed by atoms with Crippen LogP contribution in [0.4, 0.5) is 24.7 Å². The van der Waals surface area contributed by atoms with Crippen molar-refractivity contribution in [2.75, 3.05) is 10.6 Å². The van der Waals surface area contributed by atoms with E-state index in [1.165, 1.54) is 42.7 Å². The fraction of sp³-hybridized carbons (Fsp3) is 0.0909. The van der Waals surface area contributed by atoms with Crippen LogP contribution in [0.15, 0.2) is 60.9 Å². The number of rotatable bonds is 5. The number of anilines is 2. The number of imidazole rings is 1. The monoisotopic (exact) mass is 507 g/mol. The minimum absolute atomic E-state index is 0.0228. The number of hydrogen-bond acceptors (Lipinski definition) is 4. The van der Waals surface area contributed by atoms with Crippen LogP contribution in [0.5, 0.6) is 0 Å². The molecular formula is C22H14Cl2F3N5O2. The average molecular weight is 508 g/mol. The quantitative estimate of drug-likeness (QED) is 0.373. The Morgan fingerprint density at radius 2 is 1.71 bits per heavy atom. The number of amides is 2. The van der Waals surface area contributed by atoms with Crippen LogP contribution >= 0.6 is 23.2 Å². The van der Waals surface area contributed by atoms with Crippen molar-refractivity contribution in [3.63, 3.8) is 0 Å². The zero-order valence-electron chi connectivity index (χ0n) is 17.0. The molecule has 4 aromatic rings. The largest absolute Gasteiger partial charge is 0.435 e. The van der Waals surface area contributed by atoms with Crippen molar-refractivity contribution in [2.24, 2.45) is 0 Å². The number of nitrogens with zero attached hydrogens (tertiary/aromatic N) is 3. The average Bonchev–Trinajstić information content (AvgIpc) is 3.14. The molecule has 2 N–H and O–H groups in total. The summed E-state index contributed by atoms with van der Waals surface area (Å²) in [7, 11) is 0. The van der Waals surface area contributed by atoms with Crippen LogP contribution in [0, 0.1) is 0 Å². The fourth-order valence-corrected chi connectivity index (χ4v) is 3.85. The van der Waals surface area contributed by atoms with Gasteiger partial charge in [0.05, 0.1) is 33.4 Å². The van der Waals surface area contributed by atoms with Gasteiger partial charge in [0.2, 0.25) is 5.91 Å². The molecule has 34 heavy (non-hydrogen) atoms. The van der Waals surface area contributed by atoms with Crippen LogP contribution in [-0.2, 0) is 17.4 Å². The smallest absolute Gasteiger partial charge is 0.319 e. The van der Waals surface area contributed by atoms with Crippen molar-refractivity contribution in [1.82, 2.24) is 14.4 Å². The molecule has 0 unspecified atom stereocenters. The Bertz CT molecular complexity index is 1370. The maximum Gasteiger partial charge on any atom is 0.435 e. The molecule has 174 valence electrons. The number of carbonyl (C=O) groups is 2. The van der Waals surface area contributed by atoms with Gasteiger partial charge in [0.25, 0.3) is 5.91 Å². The number of alkyl halides is 3. The highest BCUT2D eigenvalue weighted by molar-refractivity contribution is 6.40. The number of fused-ring (bicyclic) bond motifs is 1. The Kier molecular flexibility index (Phi) is 6.45. The third-order valence-corrected chi connectivity index (χ3v) is 5.35. The molecule has 0 atom stereocenters. The van der Waals surface area contributed by atoms with E-state index in [9.17, 15) is 22.8 Å². The summed E-state index contributed by atoms with van der Waals surface area (Å²) in [4.78, 5) is 32.8. The SMILES string of the molecule is O=C(Cc1c(C(F)(F)F)nc2c(NC(=O)c3c(Cl)cccc3Cl)cccn12)Nc1ccccn1. The van der Waals surface area contributed by atoms with Crippen LogP contribution in [0.2, 0.25) is 10.0 Å². The molecule has 0 radical (unpaired) electrons. The number of pyridine rings is 2. The van der Waals surface area contributed by atoms with Crippen molar-refractivity contribution in [1.29, 1.82) is 0 Å². The van der Waals surface area contributed by atoms with Gasteiger partial charge in [-0.2, -0.15) is 13.2 Å². The van der Waals surface area contributed by atoms with Crippen LogP contribution < -0.4 is 10.6 Å². The molecule has 7 nitrogen and oxygen atoms in total. The first-order chi connectivity index (χ1) is 16.1. The lowest BCUT2D eigenvalue weighted by molar-refractivity contribution is -0.141. The van der Waals surface area contributed by atoms with E-state index >= 15 is 0 Å². The van der Waals surface area contributed by atoms with Crippen LogP contribution in [0.25, 0.3) is 5.65 Å². The lowest BCUT2D eigenvalue weighted by atomic mass is 10.2. The summed E-state index contributed by atoms with van der Waals surface area (Å²) in [5.74, 6) is -1.25. The highest BCUT2D eigenvalue weighted by Gasteiger charge is 2.38. The Morgan fingerprint density at radius 1 is 0.971 bits per heavy atom. The van der Waals surface area contributed by atoms with Crippen molar-refractivity contribution >= 4 is 52.2 Å². The van der Waals surface area contributed by atoms with Crippen molar-refractivity contribution in [2.45, 2.75) is 12.6 Å². The number of benzene rings is 1. The van der Waals surface area contributed by atoms with E-state index in [-0.39, 0.29) is 32.8 Å². The van der Waals surface area contributed by atoms with E-state index in [2.05, 4.69) is 20.6 Å². The number of halogens is 5. The molecule has 0 aliphatic carbocycles. The number of carbonyl (C=O) groups excluding carboxylic acids is 2. The molecule has 0 aliphatic heterocycles. The summed E-state index contributed by atoms with van der Waals surface area (Å²) in [5.41, 5.74) is -1.91. The summed E-state index contributed by atoms with van der Waals surface area (Å²) >= 11 is 12.1. The molecule has 0 fully saturated rings. The lowest BCUT2D eigenvalue weighted by Gasteiger charge is -2.10. The zero-order valence-corrected chi connectivity index (χ0v) is 18.5. The second kappa shape index (κ2) is 9.32. The lowest BCUT2D eigenvalue weighted by Crippen LogP contribution is -2.19. The molecule has 1 aromatic carbocycles. The van der Waals surface area contributed by atoms with E-state index < -0.39 is 35.8 Å². The predicted octanol–water partition coefficient (Wildman–Crippen LogP) is 5.49. The van der Waals surface area contributed by atoms with Gasteiger partial charge >= 0.3 is 6.18 Å². The number of hydrogen-bond donors (Lipinski definition) is 2. The van der Waals surface area contributed by atoms with Gasteiger partial charge in [-0.25, -0.2) is 9.97 Å². The zero-order chi connectivity index (χ0) is 24.5. The summed E-state index contributed by atoms with van der Waals surface area (Å²) in [6.07, 6.45) is -2.73. The molecule has 0 aliphatic rings. The minimum atomic E-state index is -4.85. The Hall–Kier alpha value is -3.63. The Labute approximate surface area is 200 Å². The van der Waals surface area contributed by atoms with Crippen LogP contribution in [0.1, 0.15) is 21.7 Å². The summed E-state index contributed by atoms with van der Waals surface area (Å²) in [6, 6.07) is 12.0. The third kappa shape index (κ3) is 4.82. The van der Waals surface area contributed by atoms with Crippen molar-refractivity contribution in [3.05, 3.63) is 87.9 Å². The number of nitrogens with one attached hydrogen (secondary N) is 2. The molecule has 3 heterocycles. The van der Waals surface area contributed by atoms with Crippen molar-refractivity contribution in [3.8, 4) is 0 Å². The molecule has 0 saturated carbocycles. The first-order valence-corrected chi connectivity index (χ1v) is 10.4. The van der Waals surface area contributed by atoms with Gasteiger partial charge in [-0.05, 0) is 36.4 Å². The summed E-state index contributed by atoms with van der Waals surface area (Å²) in [6.45, 7) is 0. The highest BCUT2D eigenvalue weighted by Crippen LogP contribution is 2.34. The number of aromatic nitrogens is 3. The normalized spacial score (nSPS) is 11.4. The van der Waals surface area contributed by atoms with Gasteiger partial charge in [-0.3, -0.25) is 9.59 Å². The molecule has 2 amide bonds. The van der Waals surface area contributed by atoms with E-state index in [0.29, 0.717) is 0 Å². The first kappa shape index (κ1) is 23.5. The second-order valence-corrected chi connectivity index (χ2v) is 7.83. The Morgan fingerprint density at radius 3 is 2.35 bits per heavy atom. The highest BCUT2D eigenvalue weighted by atomic mass is 35.5. The van der Waals surface area contributed by atoms with E-state index in [1.54, 1.807) is 18.2 Å². The standard InChI is InChI=1S/C22H14Cl2F3N5O2/c23-12-5-3-6-13(24)18(12)21(34)29-14-7-4-10-32-15(19(22(25,26)27)31-20(14)32)11-17(33)30-16-8-1-2-9-28-16/h1-10H,11H2,(H,29,34)(H,28,30,33). The fourth-order valence-electron chi connectivity index (χ4n) is 3.29. The van der Waals surface area contributed by atoms with Gasteiger partial charge < -0.3 is 15.0 Å². The van der Waals surface area contributed by atoms with Gasteiger partial charge in [-0.1, -0.05) is 35.3 Å². The van der Waals surface area contributed by atoms with Gasteiger partial charge in [0, 0.05) is 12.4 Å². The van der Waals surface area contributed by atoms with E-state index in [4.69, 9.17) is 23.2 Å². The Balaban J connectivity index is 1.72. The maximum atomic E-state index is 13.8. The van der Waals surface area contributed by atoms with Crippen LogP contribution in [-0.4, -0.2) is 26.2 Å². The second-order valence-electron chi connectivity index (χ2n) is 7.01.